The molecule has 2 N–H and O–H groups in total. The molecule has 152 valence electrons. The first-order valence-electron chi connectivity index (χ1n) is 8.64. The first kappa shape index (κ1) is 20.9. The fourth-order valence-corrected chi connectivity index (χ4v) is 3.89. The summed E-state index contributed by atoms with van der Waals surface area (Å²) in [7, 11) is 1.76. The van der Waals surface area contributed by atoms with Gasteiger partial charge in [-0.15, -0.1) is 21.5 Å². The Morgan fingerprint density at radius 2 is 2.00 bits per heavy atom. The van der Waals surface area contributed by atoms with Crippen molar-refractivity contribution in [2.45, 2.75) is 25.0 Å². The molecule has 8 nitrogen and oxygen atoms in total. The topological polar surface area (TPSA) is 102 Å². The van der Waals surface area contributed by atoms with Gasteiger partial charge in [-0.2, -0.15) is 0 Å². The van der Waals surface area contributed by atoms with Gasteiger partial charge in [0, 0.05) is 18.0 Å². The van der Waals surface area contributed by atoms with Crippen LogP contribution in [0.25, 0.3) is 0 Å². The molecule has 2 amide bonds. The van der Waals surface area contributed by atoms with E-state index in [1.807, 2.05) is 12.3 Å². The Kier molecular flexibility index (Phi) is 6.60. The Bertz CT molecular complexity index is 1020. The predicted octanol–water partition coefficient (Wildman–Crippen LogP) is 2.94. The lowest BCUT2D eigenvalue weighted by atomic mass is 10.2. The van der Waals surface area contributed by atoms with Crippen LogP contribution in [0.1, 0.15) is 34.8 Å². The van der Waals surface area contributed by atoms with Crippen LogP contribution in [0.15, 0.2) is 34.8 Å². The summed E-state index contributed by atoms with van der Waals surface area (Å²) in [6.07, 6.45) is 0. The fraction of sp³-hybridized carbons (Fsp3) is 0.278. The molecule has 0 radical (unpaired) electrons. The molecule has 0 spiro atoms. The van der Waals surface area contributed by atoms with Gasteiger partial charge in [0.2, 0.25) is 5.91 Å². The summed E-state index contributed by atoms with van der Waals surface area (Å²) in [6.45, 7) is 3.63. The molecule has 0 aliphatic rings. The minimum absolute atomic E-state index is 0.154. The van der Waals surface area contributed by atoms with Gasteiger partial charge in [-0.25, -0.2) is 9.37 Å². The maximum Gasteiger partial charge on any atom is 0.251 e. The van der Waals surface area contributed by atoms with Crippen LogP contribution in [0.4, 0.5) is 9.52 Å². The van der Waals surface area contributed by atoms with Gasteiger partial charge in [0.05, 0.1) is 17.5 Å². The maximum atomic E-state index is 13.0. The highest BCUT2D eigenvalue weighted by molar-refractivity contribution is 7.99. The van der Waals surface area contributed by atoms with Crippen molar-refractivity contribution < 1.29 is 14.0 Å². The summed E-state index contributed by atoms with van der Waals surface area (Å²) < 4.78 is 14.7. The summed E-state index contributed by atoms with van der Waals surface area (Å²) in [6, 6.07) is 4.87. The number of thioether (sulfide) groups is 1. The molecule has 2 heterocycles. The number of carbonyl (C=O) groups excluding carboxylic acids is 2. The number of aryl methyl sites for hydroxylation is 1. The molecule has 0 saturated carbocycles. The molecule has 0 aliphatic heterocycles. The lowest BCUT2D eigenvalue weighted by Crippen LogP contribution is -2.28. The third-order valence-corrected chi connectivity index (χ3v) is 5.80. The van der Waals surface area contributed by atoms with Crippen molar-refractivity contribution in [2.75, 3.05) is 11.1 Å². The standard InChI is InChI=1S/C18H19FN6O2S2/c1-10-8-28-17(20-10)22-14(26)9-29-18-24-23-15(25(18)3)11(2)21-16(27)12-4-6-13(19)7-5-12/h4-8,11H,9H2,1-3H3,(H,21,27)(H,20,22,26). The summed E-state index contributed by atoms with van der Waals surface area (Å²) in [5.41, 5.74) is 1.21. The number of aromatic nitrogens is 4. The molecule has 29 heavy (non-hydrogen) atoms. The minimum Gasteiger partial charge on any atom is -0.342 e. The third kappa shape index (κ3) is 5.39. The van der Waals surface area contributed by atoms with Crippen molar-refractivity contribution in [2.24, 2.45) is 7.05 Å². The number of rotatable bonds is 7. The van der Waals surface area contributed by atoms with Crippen LogP contribution in [-0.4, -0.2) is 37.3 Å². The van der Waals surface area contributed by atoms with E-state index in [2.05, 4.69) is 25.8 Å². The van der Waals surface area contributed by atoms with Crippen molar-refractivity contribution in [1.82, 2.24) is 25.1 Å². The average molecular weight is 435 g/mol. The SMILES string of the molecule is Cc1csc(NC(=O)CSc2nnc(C(C)NC(=O)c3ccc(F)cc3)n2C)n1. The van der Waals surface area contributed by atoms with E-state index in [9.17, 15) is 14.0 Å². The van der Waals surface area contributed by atoms with Crippen molar-refractivity contribution in [3.8, 4) is 0 Å². The quantitative estimate of drug-likeness (QED) is 0.555. The van der Waals surface area contributed by atoms with Crippen LogP contribution in [-0.2, 0) is 11.8 Å². The number of nitrogens with zero attached hydrogens (tertiary/aromatic N) is 4. The van der Waals surface area contributed by atoms with Crippen LogP contribution in [0.5, 0.6) is 0 Å². The van der Waals surface area contributed by atoms with Gasteiger partial charge >= 0.3 is 0 Å². The van der Waals surface area contributed by atoms with Crippen molar-refractivity contribution >= 4 is 40.0 Å². The lowest BCUT2D eigenvalue weighted by Gasteiger charge is -2.13. The Morgan fingerprint density at radius 1 is 1.28 bits per heavy atom. The smallest absolute Gasteiger partial charge is 0.251 e. The van der Waals surface area contributed by atoms with Gasteiger partial charge < -0.3 is 15.2 Å². The molecular formula is C18H19FN6O2S2. The highest BCUT2D eigenvalue weighted by atomic mass is 32.2. The van der Waals surface area contributed by atoms with E-state index in [0.717, 1.165) is 5.69 Å². The van der Waals surface area contributed by atoms with Crippen LogP contribution >= 0.6 is 23.1 Å². The van der Waals surface area contributed by atoms with Gasteiger partial charge in [-0.1, -0.05) is 11.8 Å². The molecule has 1 atom stereocenters. The van der Waals surface area contributed by atoms with Crippen LogP contribution in [0.3, 0.4) is 0 Å². The van der Waals surface area contributed by atoms with E-state index in [-0.39, 0.29) is 17.6 Å². The summed E-state index contributed by atoms with van der Waals surface area (Å²) >= 11 is 2.60. The number of hydrogen-bond donors (Lipinski definition) is 2. The predicted molar refractivity (Wildman–Crippen MR) is 109 cm³/mol. The van der Waals surface area contributed by atoms with Crippen molar-refractivity contribution in [3.63, 3.8) is 0 Å². The number of thiazole rings is 1. The van der Waals surface area contributed by atoms with Gasteiger partial charge in [0.15, 0.2) is 16.1 Å². The van der Waals surface area contributed by atoms with E-state index in [1.54, 1.807) is 18.5 Å². The lowest BCUT2D eigenvalue weighted by molar-refractivity contribution is -0.113. The Labute approximate surface area is 174 Å². The summed E-state index contributed by atoms with van der Waals surface area (Å²) in [5.74, 6) is -0.238. The average Bonchev–Trinajstić information content (AvgIpc) is 3.25. The zero-order valence-electron chi connectivity index (χ0n) is 16.0. The molecule has 0 fully saturated rings. The Hall–Kier alpha value is -2.79. The minimum atomic E-state index is -0.425. The molecule has 0 saturated heterocycles. The highest BCUT2D eigenvalue weighted by Gasteiger charge is 2.19. The first-order chi connectivity index (χ1) is 13.8. The van der Waals surface area contributed by atoms with E-state index in [0.29, 0.717) is 21.7 Å². The number of nitrogens with one attached hydrogen (secondary N) is 2. The van der Waals surface area contributed by atoms with Crippen LogP contribution in [0.2, 0.25) is 0 Å². The number of amides is 2. The van der Waals surface area contributed by atoms with Crippen molar-refractivity contribution in [1.29, 1.82) is 0 Å². The zero-order valence-corrected chi connectivity index (χ0v) is 17.6. The molecule has 11 heteroatoms. The molecule has 1 unspecified atom stereocenters. The highest BCUT2D eigenvalue weighted by Crippen LogP contribution is 2.20. The third-order valence-electron chi connectivity index (χ3n) is 3.91. The molecule has 0 bridgehead atoms. The van der Waals surface area contributed by atoms with Gasteiger partial charge in [-0.3, -0.25) is 9.59 Å². The molecule has 2 aromatic heterocycles. The summed E-state index contributed by atoms with van der Waals surface area (Å²) in [5, 5.41) is 16.7. The molecular weight excluding hydrogens is 415 g/mol. The van der Waals surface area contributed by atoms with E-state index in [1.165, 1.54) is 47.4 Å². The van der Waals surface area contributed by atoms with E-state index < -0.39 is 11.9 Å². The molecule has 0 aliphatic carbocycles. The summed E-state index contributed by atoms with van der Waals surface area (Å²) in [4.78, 5) is 28.6. The van der Waals surface area contributed by atoms with E-state index >= 15 is 0 Å². The molecule has 1 aromatic carbocycles. The molecule has 3 aromatic rings. The zero-order chi connectivity index (χ0) is 21.0. The number of benzene rings is 1. The maximum absolute atomic E-state index is 13.0. The van der Waals surface area contributed by atoms with Crippen LogP contribution in [0, 0.1) is 12.7 Å². The van der Waals surface area contributed by atoms with Crippen molar-refractivity contribution in [3.05, 3.63) is 52.5 Å². The largest absolute Gasteiger partial charge is 0.342 e. The van der Waals surface area contributed by atoms with Gasteiger partial charge in [-0.05, 0) is 38.1 Å². The number of carbonyl (C=O) groups is 2. The Morgan fingerprint density at radius 3 is 2.66 bits per heavy atom. The number of halogens is 1. The van der Waals surface area contributed by atoms with E-state index in [4.69, 9.17) is 0 Å². The monoisotopic (exact) mass is 434 g/mol. The number of hydrogen-bond acceptors (Lipinski definition) is 7. The van der Waals surface area contributed by atoms with Gasteiger partial charge in [0.25, 0.3) is 5.91 Å². The fourth-order valence-electron chi connectivity index (χ4n) is 2.47. The number of anilines is 1. The second kappa shape index (κ2) is 9.14. The van der Waals surface area contributed by atoms with Gasteiger partial charge in [0.1, 0.15) is 5.82 Å². The molecule has 3 rings (SSSR count). The Balaban J connectivity index is 1.57. The second-order valence-electron chi connectivity index (χ2n) is 6.23. The second-order valence-corrected chi connectivity index (χ2v) is 8.03. The van der Waals surface area contributed by atoms with Crippen LogP contribution < -0.4 is 10.6 Å². The first-order valence-corrected chi connectivity index (χ1v) is 10.5. The normalized spacial score (nSPS) is 11.9.